The van der Waals surface area contributed by atoms with Crippen LogP contribution in [0.3, 0.4) is 0 Å². The maximum Gasteiger partial charge on any atom is 0.159 e. The zero-order chi connectivity index (χ0) is 30.0. The highest BCUT2D eigenvalue weighted by atomic mass is 128. The van der Waals surface area contributed by atoms with Gasteiger partial charge in [-0.1, -0.05) is 80.8 Å². The highest BCUT2D eigenvalue weighted by Crippen LogP contribution is 2.32. The van der Waals surface area contributed by atoms with Gasteiger partial charge in [0.25, 0.3) is 0 Å². The Hall–Kier alpha value is -1.20. The van der Waals surface area contributed by atoms with Crippen LogP contribution in [0.5, 0.6) is 0 Å². The predicted octanol–water partition coefficient (Wildman–Crippen LogP) is 10.7. The van der Waals surface area contributed by atoms with Gasteiger partial charge in [0.15, 0.2) is 5.78 Å². The van der Waals surface area contributed by atoms with E-state index in [-0.39, 0.29) is 13.2 Å². The molecule has 1 rings (SSSR count). The molecule has 0 amide bonds. The second-order valence-electron chi connectivity index (χ2n) is 9.78. The Labute approximate surface area is 277 Å². The lowest BCUT2D eigenvalue weighted by molar-refractivity contribution is -0.117. The third-order valence-corrected chi connectivity index (χ3v) is 12.0. The van der Waals surface area contributed by atoms with Crippen molar-refractivity contribution in [3.05, 3.63) is 79.2 Å². The zero-order valence-electron chi connectivity index (χ0n) is 23.6. The van der Waals surface area contributed by atoms with Crippen LogP contribution < -0.4 is 0 Å². The van der Waals surface area contributed by atoms with Crippen molar-refractivity contribution in [2.24, 2.45) is 0 Å². The maximum atomic E-state index is 11.4. The second kappa shape index (κ2) is 28.3. The van der Waals surface area contributed by atoms with Crippen LogP contribution in [-0.4, -0.2) is 27.7 Å². The molecule has 1 saturated carbocycles. The summed E-state index contributed by atoms with van der Waals surface area (Å²) in [7, 11) is -2.40. The molecule has 1 fully saturated rings. The molecule has 0 unspecified atom stereocenters. The minimum Gasteiger partial charge on any atom is -0.300 e. The van der Waals surface area contributed by atoms with E-state index in [1.807, 2.05) is 0 Å². The summed E-state index contributed by atoms with van der Waals surface area (Å²) in [6.07, 6.45) is 5.37. The molecule has 0 N–H and O–H groups in total. The Bertz CT molecular complexity index is 1200. The van der Waals surface area contributed by atoms with E-state index in [2.05, 4.69) is 181 Å². The molecule has 0 aromatic carbocycles. The minimum atomic E-state index is -1.22. The van der Waals surface area contributed by atoms with Gasteiger partial charge < -0.3 is 4.79 Å². The fourth-order valence-corrected chi connectivity index (χ4v) is 4.83. The molecular formula is C32H41I3O2Si2. The number of rotatable bonds is 4. The van der Waals surface area contributed by atoms with Gasteiger partial charge in [0.05, 0.1) is 8.07 Å². The van der Waals surface area contributed by atoms with Crippen LogP contribution in [0.25, 0.3) is 0 Å². The monoisotopic (exact) mass is 894 g/mol. The summed E-state index contributed by atoms with van der Waals surface area (Å²) >= 11 is 6.63. The van der Waals surface area contributed by atoms with Crippen LogP contribution in [0.15, 0.2) is 79.2 Å². The van der Waals surface area contributed by atoms with Crippen LogP contribution in [0, 0.1) is 11.5 Å². The van der Waals surface area contributed by atoms with E-state index in [1.54, 1.807) is 6.92 Å². The molecule has 210 valence electrons. The Balaban J connectivity index is -0.000000225. The van der Waals surface area contributed by atoms with E-state index in [9.17, 15) is 9.59 Å². The van der Waals surface area contributed by atoms with Crippen molar-refractivity contribution < 1.29 is 9.59 Å². The number of carbonyl (C=O) groups excluding carboxylic acids is 2. The molecule has 39 heavy (non-hydrogen) atoms. The summed E-state index contributed by atoms with van der Waals surface area (Å²) in [5, 5.41) is 0. The quantitative estimate of drug-likeness (QED) is 0.0704. The Kier molecular flexibility index (Phi) is 32.6. The number of unbranched alkanes of at least 4 members (excludes halogenated alkanes) is 1. The first-order valence-corrected chi connectivity index (χ1v) is 26.2. The molecule has 1 aliphatic rings. The van der Waals surface area contributed by atoms with Gasteiger partial charge in [-0.2, -0.15) is 0 Å². The topological polar surface area (TPSA) is 34.1 Å². The number of hydrogen-bond donors (Lipinski definition) is 0. The number of Topliss-reactive ketones (excluding diaryl/α,β-unsaturated/α-hetero) is 2. The lowest BCUT2D eigenvalue weighted by atomic mass is 10.2. The van der Waals surface area contributed by atoms with Gasteiger partial charge in [-0.05, 0) is 88.4 Å². The predicted molar refractivity (Wildman–Crippen MR) is 200 cm³/mol. The van der Waals surface area contributed by atoms with Crippen LogP contribution in [0.1, 0.15) is 52.9 Å². The third kappa shape index (κ3) is 32.9. The highest BCUT2D eigenvalue weighted by Gasteiger charge is 2.27. The lowest BCUT2D eigenvalue weighted by Gasteiger charge is -2.17. The van der Waals surface area contributed by atoms with Gasteiger partial charge in [-0.25, -0.2) is 0 Å². The molecule has 0 aromatic rings. The Morgan fingerprint density at radius 3 is 1.59 bits per heavy atom. The van der Waals surface area contributed by atoms with Gasteiger partial charge in [-0.15, -0.1) is 11.5 Å². The molecule has 0 radical (unpaired) electrons. The van der Waals surface area contributed by atoms with Crippen LogP contribution in [0.4, 0.5) is 0 Å². The average molecular weight is 895 g/mol. The Morgan fingerprint density at radius 1 is 0.846 bits per heavy atom. The molecule has 0 bridgehead atoms. The van der Waals surface area contributed by atoms with E-state index in [1.165, 1.54) is 3.20 Å². The van der Waals surface area contributed by atoms with Crippen molar-refractivity contribution in [3.63, 3.8) is 0 Å². The van der Waals surface area contributed by atoms with E-state index >= 15 is 0 Å². The molecule has 0 aliphatic heterocycles. The van der Waals surface area contributed by atoms with Crippen molar-refractivity contribution in [3.8, 4) is 11.5 Å². The van der Waals surface area contributed by atoms with Crippen molar-refractivity contribution in [2.45, 2.75) is 92.2 Å². The molecule has 0 aromatic heterocycles. The molecule has 0 saturated heterocycles. The molecule has 0 heterocycles. The van der Waals surface area contributed by atoms with E-state index in [0.29, 0.717) is 12.2 Å². The van der Waals surface area contributed by atoms with Crippen molar-refractivity contribution >= 4 is 87.5 Å². The SMILES string of the molecule is C.C=C=C=C=C=C=C=C=C=C=C=C.CC(=O)CCCC#C[Si](C)(C)C.C[Si](C)(C)/C(I)=C1\CCCC1=O.II. The second-order valence-corrected chi connectivity index (χ2v) is 21.6. The molecule has 1 aliphatic carbocycles. The summed E-state index contributed by atoms with van der Waals surface area (Å²) < 4.78 is 1.39. The van der Waals surface area contributed by atoms with Crippen molar-refractivity contribution in [1.82, 2.24) is 0 Å². The summed E-state index contributed by atoms with van der Waals surface area (Å²) in [6, 6.07) is 0. The first-order chi connectivity index (χ1) is 17.8. The highest BCUT2D eigenvalue weighted by molar-refractivity contribution is 15.0. The van der Waals surface area contributed by atoms with Gasteiger partial charge in [0, 0.05) is 62.1 Å². The summed E-state index contributed by atoms with van der Waals surface area (Å²) in [5.41, 5.74) is 28.9. The fraction of sp³-hybridized carbons (Fsp3) is 0.438. The Morgan fingerprint density at radius 2 is 1.28 bits per heavy atom. The van der Waals surface area contributed by atoms with Gasteiger partial charge in [-0.3, -0.25) is 4.79 Å². The summed E-state index contributed by atoms with van der Waals surface area (Å²) in [5.74, 6) is 3.81. The summed E-state index contributed by atoms with van der Waals surface area (Å²) in [6.45, 7) is 21.8. The number of ketones is 2. The molecule has 0 atom stereocenters. The standard InChI is InChI=1S/C12H4.C10H18OSi.C9H15IOSi.CH4.I2/c1-3-5-7-9-11-12-10-8-6-4-2;1-10(11)8-6-5-7-9-12(2,3)4;1-12(2,3)9(10)7-5-4-6-8(7)11;;1-2/h1-2H2;5-6,8H2,1-4H3;4-6H2,1-3H3;1H4;/b;;9-7+;;. The van der Waals surface area contributed by atoms with Crippen LogP contribution >= 0.6 is 59.8 Å². The third-order valence-electron chi connectivity index (χ3n) is 4.00. The normalized spacial score (nSPS) is 11.6. The first kappa shape index (κ1) is 44.8. The average Bonchev–Trinajstić information content (AvgIpc) is 3.26. The molecule has 2 nitrogen and oxygen atoms in total. The minimum absolute atomic E-state index is 0. The smallest absolute Gasteiger partial charge is 0.159 e. The van der Waals surface area contributed by atoms with Crippen molar-refractivity contribution in [2.75, 3.05) is 0 Å². The number of hydrogen-bond acceptors (Lipinski definition) is 2. The van der Waals surface area contributed by atoms with E-state index in [4.69, 9.17) is 0 Å². The van der Waals surface area contributed by atoms with Gasteiger partial charge in [0.1, 0.15) is 13.9 Å². The number of halogens is 3. The number of allylic oxidation sites excluding steroid dienone is 1. The maximum absolute atomic E-state index is 11.4. The van der Waals surface area contributed by atoms with Crippen molar-refractivity contribution in [1.29, 1.82) is 0 Å². The molecule has 7 heteroatoms. The van der Waals surface area contributed by atoms with Crippen LogP contribution in [-0.2, 0) is 9.59 Å². The lowest BCUT2D eigenvalue weighted by Crippen LogP contribution is -2.22. The molecule has 0 spiro atoms. The fourth-order valence-electron chi connectivity index (χ4n) is 2.43. The van der Waals surface area contributed by atoms with Crippen LogP contribution in [0.2, 0.25) is 39.3 Å². The zero-order valence-corrected chi connectivity index (χ0v) is 32.1. The van der Waals surface area contributed by atoms with Gasteiger partial charge >= 0.3 is 0 Å². The molecular weight excluding hydrogens is 853 g/mol. The first-order valence-electron chi connectivity index (χ1n) is 11.9. The van der Waals surface area contributed by atoms with E-state index in [0.717, 1.165) is 37.7 Å². The number of carbonyl (C=O) groups is 2. The van der Waals surface area contributed by atoms with Gasteiger partial charge in [0.2, 0.25) is 0 Å². The largest absolute Gasteiger partial charge is 0.300 e. The summed E-state index contributed by atoms with van der Waals surface area (Å²) in [4.78, 5) is 22.0. The van der Waals surface area contributed by atoms with E-state index < -0.39 is 16.1 Å².